The van der Waals surface area contributed by atoms with Crippen LogP contribution in [0.5, 0.6) is 5.75 Å². The van der Waals surface area contributed by atoms with Crippen LogP contribution in [-0.2, 0) is 9.59 Å². The number of benzene rings is 1. The molecule has 0 bridgehead atoms. The van der Waals surface area contributed by atoms with Crippen LogP contribution in [0.3, 0.4) is 0 Å². The molecule has 0 aliphatic carbocycles. The van der Waals surface area contributed by atoms with Gasteiger partial charge in [-0.3, -0.25) is 15.0 Å². The molecular weight excluding hydrogens is 366 g/mol. The van der Waals surface area contributed by atoms with E-state index in [1.165, 1.54) is 24.9 Å². The Morgan fingerprint density at radius 1 is 1.26 bits per heavy atom. The van der Waals surface area contributed by atoms with E-state index in [1.54, 1.807) is 25.3 Å². The fraction of sp³-hybridized carbons (Fsp3) is 0.167. The lowest BCUT2D eigenvalue weighted by Crippen LogP contribution is -2.37. The van der Waals surface area contributed by atoms with Crippen molar-refractivity contribution in [1.82, 2.24) is 15.0 Å². The van der Waals surface area contributed by atoms with Gasteiger partial charge in [-0.1, -0.05) is 12.1 Å². The molecule has 27 heavy (non-hydrogen) atoms. The van der Waals surface area contributed by atoms with Gasteiger partial charge in [0, 0.05) is 11.6 Å². The number of amides is 2. The fourth-order valence-corrected chi connectivity index (χ4v) is 3.04. The summed E-state index contributed by atoms with van der Waals surface area (Å²) in [6.07, 6.45) is 3.00. The molecule has 8 nitrogen and oxygen atoms in total. The Morgan fingerprint density at radius 3 is 2.59 bits per heavy atom. The Morgan fingerprint density at radius 2 is 2.00 bits per heavy atom. The fourth-order valence-electron chi connectivity index (χ4n) is 2.52. The van der Waals surface area contributed by atoms with Crippen molar-refractivity contribution in [2.75, 3.05) is 18.8 Å². The van der Waals surface area contributed by atoms with Crippen LogP contribution in [0.2, 0.25) is 0 Å². The molecule has 2 amide bonds. The summed E-state index contributed by atoms with van der Waals surface area (Å²) < 4.78 is 5.35. The van der Waals surface area contributed by atoms with Gasteiger partial charge in [-0.25, -0.2) is 9.97 Å². The van der Waals surface area contributed by atoms with Crippen LogP contribution in [0.4, 0.5) is 5.82 Å². The molecule has 0 atom stereocenters. The number of imide groups is 1. The summed E-state index contributed by atoms with van der Waals surface area (Å²) in [6, 6.07) is 9.21. The minimum absolute atomic E-state index is 0.0718. The van der Waals surface area contributed by atoms with E-state index >= 15 is 0 Å². The van der Waals surface area contributed by atoms with Gasteiger partial charge in [-0.05, 0) is 25.3 Å². The van der Waals surface area contributed by atoms with Gasteiger partial charge < -0.3 is 4.74 Å². The maximum absolute atomic E-state index is 12.2. The molecule has 0 unspecified atom stereocenters. The first-order chi connectivity index (χ1) is 13.0. The number of para-hydroxylation sites is 1. The van der Waals surface area contributed by atoms with Gasteiger partial charge in [0.2, 0.25) is 0 Å². The maximum Gasteiger partial charge on any atom is 0.275 e. The Balaban J connectivity index is 2.12. The zero-order chi connectivity index (χ0) is 19.6. The first-order valence-electron chi connectivity index (χ1n) is 7.83. The lowest BCUT2D eigenvalue weighted by Gasteiger charge is -2.18. The van der Waals surface area contributed by atoms with Gasteiger partial charge in [-0.2, -0.15) is 10.3 Å². The molecule has 1 aliphatic heterocycles. The molecule has 0 saturated heterocycles. The Hall–Kier alpha value is -3.38. The lowest BCUT2D eigenvalue weighted by atomic mass is 10.2. The summed E-state index contributed by atoms with van der Waals surface area (Å²) in [6.45, 7) is 1.54. The molecule has 1 aromatic carbocycles. The number of carbonyl (C=O) groups is 2. The van der Waals surface area contributed by atoms with Crippen LogP contribution in [-0.4, -0.2) is 40.2 Å². The Labute approximate surface area is 159 Å². The zero-order valence-corrected chi connectivity index (χ0v) is 15.6. The number of rotatable bonds is 5. The number of ether oxygens (including phenoxy) is 1. The normalized spacial score (nSPS) is 13.4. The molecule has 2 aromatic rings. The van der Waals surface area contributed by atoms with Gasteiger partial charge in [0.05, 0.1) is 12.7 Å². The molecule has 3 rings (SSSR count). The topological polar surface area (TPSA) is 108 Å². The van der Waals surface area contributed by atoms with Crippen LogP contribution in [0.1, 0.15) is 12.5 Å². The lowest BCUT2D eigenvalue weighted by molar-refractivity contribution is -0.135. The second kappa shape index (κ2) is 7.47. The second-order valence-electron chi connectivity index (χ2n) is 5.51. The van der Waals surface area contributed by atoms with Crippen LogP contribution in [0.15, 0.2) is 40.9 Å². The van der Waals surface area contributed by atoms with Crippen molar-refractivity contribution < 1.29 is 14.3 Å². The number of hydrogen-bond acceptors (Lipinski definition) is 8. The second-order valence-corrected chi connectivity index (χ2v) is 6.31. The first-order valence-corrected chi connectivity index (χ1v) is 9.05. The first kappa shape index (κ1) is 18.4. The summed E-state index contributed by atoms with van der Waals surface area (Å²) in [5.41, 5.74) is 3.73. The van der Waals surface area contributed by atoms with Crippen LogP contribution >= 0.6 is 11.8 Å². The number of carbonyl (C=O) groups excluding carboxylic acids is 2. The summed E-state index contributed by atoms with van der Waals surface area (Å²) >= 11 is 1.26. The monoisotopic (exact) mass is 381 g/mol. The van der Waals surface area contributed by atoms with Gasteiger partial charge in [0.1, 0.15) is 22.4 Å². The Kier molecular flexibility index (Phi) is 5.09. The smallest absolute Gasteiger partial charge is 0.275 e. The highest BCUT2D eigenvalue weighted by molar-refractivity contribution is 7.98. The number of hydrogen-bond donors (Lipinski definition) is 1. The highest BCUT2D eigenvalue weighted by Crippen LogP contribution is 2.32. The molecule has 1 N–H and O–H groups in total. The predicted molar refractivity (Wildman–Crippen MR) is 99.7 cm³/mol. The number of nitrogens with one attached hydrogen (secondary N) is 1. The third kappa shape index (κ3) is 3.35. The van der Waals surface area contributed by atoms with Crippen molar-refractivity contribution in [2.45, 2.75) is 11.9 Å². The van der Waals surface area contributed by atoms with E-state index in [2.05, 4.69) is 15.4 Å². The van der Waals surface area contributed by atoms with Crippen LogP contribution < -0.4 is 10.2 Å². The van der Waals surface area contributed by atoms with E-state index in [4.69, 9.17) is 4.74 Å². The highest BCUT2D eigenvalue weighted by atomic mass is 32.2. The predicted octanol–water partition coefficient (Wildman–Crippen LogP) is 2.39. The average molecular weight is 381 g/mol. The van der Waals surface area contributed by atoms with E-state index in [9.17, 15) is 14.9 Å². The van der Waals surface area contributed by atoms with Crippen molar-refractivity contribution in [3.05, 3.63) is 41.5 Å². The number of nitriles is 1. The summed E-state index contributed by atoms with van der Waals surface area (Å²) in [5.74, 6) is -0.0766. The third-order valence-electron chi connectivity index (χ3n) is 3.85. The molecule has 9 heteroatoms. The number of aromatic nitrogens is 2. The molecule has 0 radical (unpaired) electrons. The summed E-state index contributed by atoms with van der Waals surface area (Å²) in [4.78, 5) is 33.0. The van der Waals surface area contributed by atoms with Crippen molar-refractivity contribution in [1.29, 1.82) is 5.26 Å². The summed E-state index contributed by atoms with van der Waals surface area (Å²) in [5, 5.41) is 10.8. The maximum atomic E-state index is 12.2. The van der Waals surface area contributed by atoms with E-state index in [-0.39, 0.29) is 11.4 Å². The number of methoxy groups -OCH3 is 1. The molecule has 0 fully saturated rings. The van der Waals surface area contributed by atoms with Crippen molar-refractivity contribution in [2.24, 2.45) is 0 Å². The highest BCUT2D eigenvalue weighted by Gasteiger charge is 2.30. The van der Waals surface area contributed by atoms with Crippen molar-refractivity contribution in [3.63, 3.8) is 0 Å². The van der Waals surface area contributed by atoms with Gasteiger partial charge in [-0.15, -0.1) is 11.8 Å². The minimum atomic E-state index is -0.524. The quantitative estimate of drug-likeness (QED) is 0.478. The van der Waals surface area contributed by atoms with E-state index in [1.807, 2.05) is 18.2 Å². The van der Waals surface area contributed by atoms with E-state index in [0.717, 1.165) is 5.01 Å². The Bertz CT molecular complexity index is 1010. The molecule has 0 spiro atoms. The van der Waals surface area contributed by atoms with E-state index < -0.39 is 11.8 Å². The molecule has 2 heterocycles. The zero-order valence-electron chi connectivity index (χ0n) is 14.8. The van der Waals surface area contributed by atoms with Gasteiger partial charge >= 0.3 is 0 Å². The number of thioether (sulfide) groups is 1. The number of nitrogens with zero attached hydrogens (tertiary/aromatic N) is 4. The SMILES string of the molecule is COc1ccccc1-c1nc(NN2C(=O)C=C(C)C2=O)c(C#N)c(SC)n1. The molecule has 1 aromatic heterocycles. The van der Waals surface area contributed by atoms with Crippen molar-refractivity contribution >= 4 is 29.4 Å². The molecule has 136 valence electrons. The van der Waals surface area contributed by atoms with Crippen LogP contribution in [0, 0.1) is 11.3 Å². The van der Waals surface area contributed by atoms with Crippen molar-refractivity contribution in [3.8, 4) is 23.2 Å². The molecular formula is C18H15N5O3S. The van der Waals surface area contributed by atoms with Gasteiger partial charge in [0.25, 0.3) is 11.8 Å². The average Bonchev–Trinajstić information content (AvgIpc) is 2.93. The minimum Gasteiger partial charge on any atom is -0.496 e. The largest absolute Gasteiger partial charge is 0.496 e. The molecule has 1 aliphatic rings. The third-order valence-corrected chi connectivity index (χ3v) is 4.53. The number of hydrazine groups is 1. The standard InChI is InChI=1S/C18H15N5O3S/c1-10-8-14(24)23(18(10)25)22-16-12(9-19)17(27-3)21-15(20-16)11-6-4-5-7-13(11)26-2/h4-8H,1-3H3,(H,20,21,22). The van der Waals surface area contributed by atoms with E-state index in [0.29, 0.717) is 27.7 Å². The van der Waals surface area contributed by atoms with Crippen LogP contribution in [0.25, 0.3) is 11.4 Å². The van der Waals surface area contributed by atoms with Gasteiger partial charge in [0.15, 0.2) is 11.6 Å². The molecule has 0 saturated carbocycles. The number of anilines is 1. The summed E-state index contributed by atoms with van der Waals surface area (Å²) in [7, 11) is 1.53.